The van der Waals surface area contributed by atoms with Crippen LogP contribution >= 0.6 is 0 Å². The van der Waals surface area contributed by atoms with Gasteiger partial charge in [0.2, 0.25) is 5.91 Å². The van der Waals surface area contributed by atoms with Gasteiger partial charge in [-0.2, -0.15) is 0 Å². The summed E-state index contributed by atoms with van der Waals surface area (Å²) in [5.41, 5.74) is 0. The van der Waals surface area contributed by atoms with Crippen molar-refractivity contribution in [2.75, 3.05) is 26.2 Å². The van der Waals surface area contributed by atoms with Crippen molar-refractivity contribution >= 4 is 11.9 Å². The monoisotopic (exact) mass is 296 g/mol. The van der Waals surface area contributed by atoms with Gasteiger partial charge in [0.15, 0.2) is 0 Å². The number of carboxylic acids is 1. The van der Waals surface area contributed by atoms with E-state index >= 15 is 0 Å². The molecule has 2 aliphatic heterocycles. The molecule has 2 heterocycles. The predicted molar refractivity (Wildman–Crippen MR) is 81.0 cm³/mol. The van der Waals surface area contributed by atoms with Crippen LogP contribution in [0.5, 0.6) is 0 Å². The Hall–Kier alpha value is -1.10. The van der Waals surface area contributed by atoms with Crippen molar-refractivity contribution in [3.8, 4) is 0 Å². The average Bonchev–Trinajstić information content (AvgIpc) is 2.52. The van der Waals surface area contributed by atoms with Crippen molar-refractivity contribution in [3.05, 3.63) is 0 Å². The molecular weight excluding hydrogens is 268 g/mol. The third-order valence-corrected chi connectivity index (χ3v) is 4.80. The van der Waals surface area contributed by atoms with Gasteiger partial charge < -0.3 is 15.3 Å². The molecule has 1 amide bonds. The highest BCUT2D eigenvalue weighted by atomic mass is 16.4. The number of aliphatic carboxylic acids is 1. The quantitative estimate of drug-likeness (QED) is 0.785. The standard InChI is InChI=1S/C16H28N2O3/c19-15(7-5-13-3-1-9-17-11-13)18-10-2-4-14(12-18)6-8-16(20)21/h13-14,17H,1-12H2,(H,20,21). The fraction of sp³-hybridized carbons (Fsp3) is 0.875. The van der Waals surface area contributed by atoms with Gasteiger partial charge in [0.25, 0.3) is 0 Å². The van der Waals surface area contributed by atoms with E-state index in [1.54, 1.807) is 0 Å². The molecular formula is C16H28N2O3. The highest BCUT2D eigenvalue weighted by molar-refractivity contribution is 5.76. The lowest BCUT2D eigenvalue weighted by Gasteiger charge is -2.33. The van der Waals surface area contributed by atoms with Crippen LogP contribution < -0.4 is 5.32 Å². The van der Waals surface area contributed by atoms with Gasteiger partial charge in [-0.05, 0) is 63.5 Å². The maximum Gasteiger partial charge on any atom is 0.303 e. The van der Waals surface area contributed by atoms with Crippen molar-refractivity contribution in [2.45, 2.75) is 51.4 Å². The van der Waals surface area contributed by atoms with Gasteiger partial charge >= 0.3 is 5.97 Å². The number of hydrogen-bond acceptors (Lipinski definition) is 3. The second kappa shape index (κ2) is 8.37. The van der Waals surface area contributed by atoms with E-state index in [9.17, 15) is 9.59 Å². The van der Waals surface area contributed by atoms with Crippen LogP contribution in [-0.4, -0.2) is 48.1 Å². The molecule has 5 nitrogen and oxygen atoms in total. The maximum absolute atomic E-state index is 12.3. The third-order valence-electron chi connectivity index (χ3n) is 4.80. The van der Waals surface area contributed by atoms with E-state index in [1.165, 1.54) is 12.8 Å². The molecule has 5 heteroatoms. The first kappa shape index (κ1) is 16.3. The second-order valence-electron chi connectivity index (χ2n) is 6.53. The number of rotatable bonds is 6. The molecule has 0 aromatic rings. The summed E-state index contributed by atoms with van der Waals surface area (Å²) in [6, 6.07) is 0. The minimum Gasteiger partial charge on any atom is -0.481 e. The van der Waals surface area contributed by atoms with Crippen molar-refractivity contribution in [3.63, 3.8) is 0 Å². The van der Waals surface area contributed by atoms with Crippen LogP contribution in [0.2, 0.25) is 0 Å². The molecule has 21 heavy (non-hydrogen) atoms. The molecule has 0 aromatic carbocycles. The Labute approximate surface area is 127 Å². The second-order valence-corrected chi connectivity index (χ2v) is 6.53. The van der Waals surface area contributed by atoms with Gasteiger partial charge in [-0.15, -0.1) is 0 Å². The fourth-order valence-electron chi connectivity index (χ4n) is 3.51. The smallest absolute Gasteiger partial charge is 0.303 e. The highest BCUT2D eigenvalue weighted by Crippen LogP contribution is 2.23. The van der Waals surface area contributed by atoms with Crippen LogP contribution in [0.25, 0.3) is 0 Å². The number of hydrogen-bond donors (Lipinski definition) is 2. The predicted octanol–water partition coefficient (Wildman–Crippen LogP) is 1.87. The minimum atomic E-state index is -0.733. The number of nitrogens with zero attached hydrogens (tertiary/aromatic N) is 1. The van der Waals surface area contributed by atoms with Crippen LogP contribution in [0.1, 0.15) is 51.4 Å². The summed E-state index contributed by atoms with van der Waals surface area (Å²) in [6.07, 6.45) is 7.10. The van der Waals surface area contributed by atoms with E-state index in [4.69, 9.17) is 5.11 Å². The topological polar surface area (TPSA) is 69.6 Å². The Morgan fingerprint density at radius 3 is 2.57 bits per heavy atom. The maximum atomic E-state index is 12.3. The summed E-state index contributed by atoms with van der Waals surface area (Å²) in [5, 5.41) is 12.2. The van der Waals surface area contributed by atoms with Crippen LogP contribution in [0, 0.1) is 11.8 Å². The lowest BCUT2D eigenvalue weighted by molar-refractivity contribution is -0.137. The molecule has 2 saturated heterocycles. The Kier molecular flexibility index (Phi) is 6.49. The molecule has 0 aliphatic carbocycles. The number of carbonyl (C=O) groups is 2. The van der Waals surface area contributed by atoms with E-state index < -0.39 is 5.97 Å². The number of amides is 1. The summed E-state index contributed by atoms with van der Waals surface area (Å²) < 4.78 is 0. The van der Waals surface area contributed by atoms with Crippen LogP contribution in [0.15, 0.2) is 0 Å². The van der Waals surface area contributed by atoms with E-state index in [0.29, 0.717) is 24.7 Å². The average molecular weight is 296 g/mol. The number of likely N-dealkylation sites (tertiary alicyclic amines) is 1. The molecule has 0 radical (unpaired) electrons. The van der Waals surface area contributed by atoms with Crippen molar-refractivity contribution in [1.82, 2.24) is 10.2 Å². The van der Waals surface area contributed by atoms with Gasteiger partial charge in [0, 0.05) is 25.9 Å². The molecule has 2 atom stereocenters. The lowest BCUT2D eigenvalue weighted by Crippen LogP contribution is -2.40. The van der Waals surface area contributed by atoms with E-state index in [1.807, 2.05) is 4.90 Å². The Balaban J connectivity index is 1.69. The summed E-state index contributed by atoms with van der Waals surface area (Å²) >= 11 is 0. The largest absolute Gasteiger partial charge is 0.481 e. The summed E-state index contributed by atoms with van der Waals surface area (Å²) in [5.74, 6) is 0.550. The lowest BCUT2D eigenvalue weighted by atomic mass is 9.92. The van der Waals surface area contributed by atoms with E-state index in [0.717, 1.165) is 45.4 Å². The molecule has 2 fully saturated rings. The van der Waals surface area contributed by atoms with Gasteiger partial charge in [0.05, 0.1) is 0 Å². The molecule has 0 saturated carbocycles. The SMILES string of the molecule is O=C(O)CCC1CCCN(C(=O)CCC2CCCNC2)C1. The van der Waals surface area contributed by atoms with Crippen LogP contribution in [0.4, 0.5) is 0 Å². The van der Waals surface area contributed by atoms with E-state index in [-0.39, 0.29) is 12.3 Å². The Morgan fingerprint density at radius 1 is 1.10 bits per heavy atom. The third kappa shape index (κ3) is 5.65. The first-order chi connectivity index (χ1) is 10.1. The first-order valence-corrected chi connectivity index (χ1v) is 8.35. The molecule has 2 unspecified atom stereocenters. The summed E-state index contributed by atoms with van der Waals surface area (Å²) in [4.78, 5) is 24.9. The van der Waals surface area contributed by atoms with Gasteiger partial charge in [-0.25, -0.2) is 0 Å². The minimum absolute atomic E-state index is 0.223. The number of nitrogens with one attached hydrogen (secondary N) is 1. The molecule has 2 N–H and O–H groups in total. The normalized spacial score (nSPS) is 26.6. The van der Waals surface area contributed by atoms with Crippen LogP contribution in [0.3, 0.4) is 0 Å². The first-order valence-electron chi connectivity index (χ1n) is 8.35. The summed E-state index contributed by atoms with van der Waals surface area (Å²) in [6.45, 7) is 3.77. The van der Waals surface area contributed by atoms with Gasteiger partial charge in [-0.3, -0.25) is 9.59 Å². The molecule has 0 aromatic heterocycles. The van der Waals surface area contributed by atoms with Crippen molar-refractivity contribution < 1.29 is 14.7 Å². The molecule has 2 rings (SSSR count). The zero-order chi connectivity index (χ0) is 15.1. The van der Waals surface area contributed by atoms with Crippen LogP contribution in [-0.2, 0) is 9.59 Å². The van der Waals surface area contributed by atoms with Gasteiger partial charge in [-0.1, -0.05) is 0 Å². The van der Waals surface area contributed by atoms with Crippen molar-refractivity contribution in [1.29, 1.82) is 0 Å². The number of carbonyl (C=O) groups excluding carboxylic acids is 1. The Morgan fingerprint density at radius 2 is 1.86 bits per heavy atom. The van der Waals surface area contributed by atoms with Gasteiger partial charge in [0.1, 0.15) is 0 Å². The molecule has 120 valence electrons. The number of piperidine rings is 2. The zero-order valence-electron chi connectivity index (χ0n) is 12.9. The summed E-state index contributed by atoms with van der Waals surface area (Å²) in [7, 11) is 0. The van der Waals surface area contributed by atoms with E-state index in [2.05, 4.69) is 5.32 Å². The number of carboxylic acid groups (broad SMARTS) is 1. The zero-order valence-corrected chi connectivity index (χ0v) is 12.9. The molecule has 2 aliphatic rings. The fourth-order valence-corrected chi connectivity index (χ4v) is 3.51. The van der Waals surface area contributed by atoms with Crippen molar-refractivity contribution in [2.24, 2.45) is 11.8 Å². The molecule has 0 bridgehead atoms. The Bertz CT molecular complexity index is 353. The molecule has 0 spiro atoms. The highest BCUT2D eigenvalue weighted by Gasteiger charge is 2.24.